The van der Waals surface area contributed by atoms with Crippen LogP contribution >= 0.6 is 0 Å². The first-order valence-corrected chi connectivity index (χ1v) is 7.08. The standard InChI is InChI=1S/C14H27NO/c1-2-3-4-5-6-9-14(16)11-10-13-8-7-12-15-13/h13,15H,2-12H2,1H3. The van der Waals surface area contributed by atoms with Crippen LogP contribution in [0.2, 0.25) is 0 Å². The molecule has 2 nitrogen and oxygen atoms in total. The lowest BCUT2D eigenvalue weighted by Crippen LogP contribution is -2.22. The number of rotatable bonds is 9. The predicted molar refractivity (Wildman–Crippen MR) is 68.6 cm³/mol. The molecule has 1 heterocycles. The molecule has 1 saturated heterocycles. The topological polar surface area (TPSA) is 29.1 Å². The van der Waals surface area contributed by atoms with E-state index in [0.717, 1.165) is 32.2 Å². The number of nitrogens with one attached hydrogen (secondary N) is 1. The average Bonchev–Trinajstić information content (AvgIpc) is 2.79. The molecule has 0 spiro atoms. The highest BCUT2D eigenvalue weighted by atomic mass is 16.1. The zero-order valence-corrected chi connectivity index (χ0v) is 10.8. The van der Waals surface area contributed by atoms with Crippen molar-refractivity contribution in [2.75, 3.05) is 6.54 Å². The van der Waals surface area contributed by atoms with Crippen LogP contribution in [0.4, 0.5) is 0 Å². The highest BCUT2D eigenvalue weighted by molar-refractivity contribution is 5.78. The van der Waals surface area contributed by atoms with Crippen molar-refractivity contribution in [2.45, 2.75) is 77.2 Å². The minimum atomic E-state index is 0.477. The van der Waals surface area contributed by atoms with Gasteiger partial charge in [0.1, 0.15) is 5.78 Å². The molecule has 2 heteroatoms. The zero-order chi connectivity index (χ0) is 11.6. The first kappa shape index (κ1) is 13.7. The van der Waals surface area contributed by atoms with Gasteiger partial charge in [-0.2, -0.15) is 0 Å². The van der Waals surface area contributed by atoms with Crippen LogP contribution in [0.3, 0.4) is 0 Å². The summed E-state index contributed by atoms with van der Waals surface area (Å²) in [6, 6.07) is 0.629. The van der Waals surface area contributed by atoms with Gasteiger partial charge in [0.25, 0.3) is 0 Å². The molecule has 1 aliphatic rings. The molecule has 0 aromatic rings. The molecule has 0 aromatic heterocycles. The third kappa shape index (κ3) is 6.26. The lowest BCUT2D eigenvalue weighted by molar-refractivity contribution is -0.119. The molecule has 1 fully saturated rings. The van der Waals surface area contributed by atoms with Gasteiger partial charge in [0.05, 0.1) is 0 Å². The van der Waals surface area contributed by atoms with Crippen molar-refractivity contribution in [3.63, 3.8) is 0 Å². The van der Waals surface area contributed by atoms with Gasteiger partial charge < -0.3 is 5.32 Å². The van der Waals surface area contributed by atoms with E-state index in [1.54, 1.807) is 0 Å². The lowest BCUT2D eigenvalue weighted by atomic mass is 10.0. The van der Waals surface area contributed by atoms with Gasteiger partial charge in [-0.3, -0.25) is 4.79 Å². The maximum Gasteiger partial charge on any atom is 0.132 e. The van der Waals surface area contributed by atoms with Gasteiger partial charge >= 0.3 is 0 Å². The Bertz CT molecular complexity index is 185. The Morgan fingerprint density at radius 3 is 2.69 bits per heavy atom. The van der Waals surface area contributed by atoms with Gasteiger partial charge in [-0.15, -0.1) is 0 Å². The van der Waals surface area contributed by atoms with Crippen LogP contribution < -0.4 is 5.32 Å². The Labute approximate surface area is 100 Å². The molecule has 1 N–H and O–H groups in total. The highest BCUT2D eigenvalue weighted by Gasteiger charge is 2.14. The Morgan fingerprint density at radius 1 is 1.19 bits per heavy atom. The fourth-order valence-corrected chi connectivity index (χ4v) is 2.39. The maximum absolute atomic E-state index is 11.6. The molecule has 0 saturated carbocycles. The number of carbonyl (C=O) groups is 1. The van der Waals surface area contributed by atoms with Gasteiger partial charge in [0, 0.05) is 18.9 Å². The van der Waals surface area contributed by atoms with Crippen LogP contribution in [0.15, 0.2) is 0 Å². The molecule has 16 heavy (non-hydrogen) atoms. The molecule has 0 amide bonds. The minimum Gasteiger partial charge on any atom is -0.314 e. The van der Waals surface area contributed by atoms with Crippen molar-refractivity contribution in [3.8, 4) is 0 Å². The number of Topliss-reactive ketones (excluding diaryl/α,β-unsaturated/α-hetero) is 1. The zero-order valence-electron chi connectivity index (χ0n) is 10.8. The third-order valence-corrected chi connectivity index (χ3v) is 3.49. The van der Waals surface area contributed by atoms with E-state index in [0.29, 0.717) is 11.8 Å². The lowest BCUT2D eigenvalue weighted by Gasteiger charge is -2.08. The van der Waals surface area contributed by atoms with E-state index >= 15 is 0 Å². The summed E-state index contributed by atoms with van der Waals surface area (Å²) in [4.78, 5) is 11.6. The van der Waals surface area contributed by atoms with Gasteiger partial charge in [-0.1, -0.05) is 32.6 Å². The molecule has 0 aliphatic carbocycles. The van der Waals surface area contributed by atoms with Crippen LogP contribution in [-0.4, -0.2) is 18.4 Å². The van der Waals surface area contributed by atoms with E-state index in [4.69, 9.17) is 0 Å². The van der Waals surface area contributed by atoms with E-state index in [9.17, 15) is 4.79 Å². The van der Waals surface area contributed by atoms with E-state index < -0.39 is 0 Å². The first-order valence-electron chi connectivity index (χ1n) is 7.08. The second-order valence-corrected chi connectivity index (χ2v) is 5.03. The van der Waals surface area contributed by atoms with E-state index in [-0.39, 0.29) is 0 Å². The molecule has 1 aliphatic heterocycles. The second-order valence-electron chi connectivity index (χ2n) is 5.03. The Balaban J connectivity index is 1.90. The van der Waals surface area contributed by atoms with E-state index in [1.807, 2.05) is 0 Å². The largest absolute Gasteiger partial charge is 0.314 e. The molecule has 0 bridgehead atoms. The van der Waals surface area contributed by atoms with Crippen molar-refractivity contribution in [1.29, 1.82) is 0 Å². The smallest absolute Gasteiger partial charge is 0.132 e. The molecule has 0 aromatic carbocycles. The molecular formula is C14H27NO. The predicted octanol–water partition coefficient (Wildman–Crippen LogP) is 3.45. The Kier molecular flexibility index (Phi) is 7.48. The summed E-state index contributed by atoms with van der Waals surface area (Å²) in [6.07, 6.45) is 11.5. The quantitative estimate of drug-likeness (QED) is 0.609. The molecular weight excluding hydrogens is 198 g/mol. The number of hydrogen-bond acceptors (Lipinski definition) is 2. The van der Waals surface area contributed by atoms with Crippen molar-refractivity contribution in [2.24, 2.45) is 0 Å². The fraction of sp³-hybridized carbons (Fsp3) is 0.929. The van der Waals surface area contributed by atoms with Gasteiger partial charge in [-0.05, 0) is 32.2 Å². The highest BCUT2D eigenvalue weighted by Crippen LogP contribution is 2.13. The molecule has 1 unspecified atom stereocenters. The Hall–Kier alpha value is -0.370. The van der Waals surface area contributed by atoms with Crippen molar-refractivity contribution >= 4 is 5.78 Å². The summed E-state index contributed by atoms with van der Waals surface area (Å²) in [5.41, 5.74) is 0. The van der Waals surface area contributed by atoms with Crippen LogP contribution in [0.5, 0.6) is 0 Å². The summed E-state index contributed by atoms with van der Waals surface area (Å²) in [7, 11) is 0. The second kappa shape index (κ2) is 8.74. The molecule has 1 rings (SSSR count). The monoisotopic (exact) mass is 225 g/mol. The SMILES string of the molecule is CCCCCCCC(=O)CCC1CCCN1. The van der Waals surface area contributed by atoms with Gasteiger partial charge in [-0.25, -0.2) is 0 Å². The summed E-state index contributed by atoms with van der Waals surface area (Å²) >= 11 is 0. The summed E-state index contributed by atoms with van der Waals surface area (Å²) in [5.74, 6) is 0.477. The number of ketones is 1. The van der Waals surface area contributed by atoms with Crippen LogP contribution in [0, 0.1) is 0 Å². The minimum absolute atomic E-state index is 0.477. The summed E-state index contributed by atoms with van der Waals surface area (Å²) < 4.78 is 0. The fourth-order valence-electron chi connectivity index (χ4n) is 2.39. The molecule has 1 atom stereocenters. The normalized spacial score (nSPS) is 20.2. The van der Waals surface area contributed by atoms with Crippen LogP contribution in [0.25, 0.3) is 0 Å². The number of carbonyl (C=O) groups excluding carboxylic acids is 1. The first-order chi connectivity index (χ1) is 7.83. The summed E-state index contributed by atoms with van der Waals surface area (Å²) in [6.45, 7) is 3.37. The maximum atomic E-state index is 11.6. The van der Waals surface area contributed by atoms with E-state index in [1.165, 1.54) is 38.5 Å². The van der Waals surface area contributed by atoms with Crippen LogP contribution in [0.1, 0.15) is 71.1 Å². The van der Waals surface area contributed by atoms with Crippen LogP contribution in [-0.2, 0) is 4.79 Å². The van der Waals surface area contributed by atoms with Gasteiger partial charge in [0.15, 0.2) is 0 Å². The molecule has 94 valence electrons. The van der Waals surface area contributed by atoms with Crippen molar-refractivity contribution in [3.05, 3.63) is 0 Å². The number of unbranched alkanes of at least 4 members (excludes halogenated alkanes) is 4. The molecule has 0 radical (unpaired) electrons. The van der Waals surface area contributed by atoms with E-state index in [2.05, 4.69) is 12.2 Å². The van der Waals surface area contributed by atoms with Gasteiger partial charge in [0.2, 0.25) is 0 Å². The third-order valence-electron chi connectivity index (χ3n) is 3.49. The number of hydrogen-bond donors (Lipinski definition) is 1. The average molecular weight is 225 g/mol. The van der Waals surface area contributed by atoms with Crippen molar-refractivity contribution < 1.29 is 4.79 Å². The summed E-state index contributed by atoms with van der Waals surface area (Å²) in [5, 5.41) is 3.44. The Morgan fingerprint density at radius 2 is 2.00 bits per heavy atom. The van der Waals surface area contributed by atoms with Crippen molar-refractivity contribution in [1.82, 2.24) is 5.32 Å².